The van der Waals surface area contributed by atoms with Crippen LogP contribution in [0, 0.1) is 22.7 Å². The Morgan fingerprint density at radius 2 is 1.35 bits per heavy atom. The normalized spacial score (nSPS) is 14.2. The van der Waals surface area contributed by atoms with Gasteiger partial charge in [0.2, 0.25) is 0 Å². The van der Waals surface area contributed by atoms with Gasteiger partial charge in [-0.3, -0.25) is 0 Å². The summed E-state index contributed by atoms with van der Waals surface area (Å²) >= 11 is 6.26. The third-order valence-electron chi connectivity index (χ3n) is 4.07. The maximum atomic E-state index is 9.32. The van der Waals surface area contributed by atoms with Gasteiger partial charge in [-0.2, -0.15) is 10.5 Å². The molecule has 0 saturated carbocycles. The van der Waals surface area contributed by atoms with E-state index in [0.717, 1.165) is 42.6 Å². The first kappa shape index (κ1) is 15.2. The Bertz CT molecular complexity index is 763. The highest BCUT2D eigenvalue weighted by Crippen LogP contribution is 2.29. The number of para-hydroxylation sites is 2. The first-order chi connectivity index (χ1) is 11.2. The number of piperazine rings is 1. The summed E-state index contributed by atoms with van der Waals surface area (Å²) < 4.78 is 0. The van der Waals surface area contributed by atoms with Crippen molar-refractivity contribution in [3.63, 3.8) is 0 Å². The van der Waals surface area contributed by atoms with Crippen molar-refractivity contribution in [2.24, 2.45) is 0 Å². The zero-order valence-corrected chi connectivity index (χ0v) is 13.3. The zero-order chi connectivity index (χ0) is 16.2. The zero-order valence-electron chi connectivity index (χ0n) is 12.5. The monoisotopic (exact) mass is 322 g/mol. The van der Waals surface area contributed by atoms with Crippen LogP contribution in [0.3, 0.4) is 0 Å². The van der Waals surface area contributed by atoms with Gasteiger partial charge in [-0.05, 0) is 24.3 Å². The fourth-order valence-electron chi connectivity index (χ4n) is 2.94. The molecule has 5 heteroatoms. The quantitative estimate of drug-likeness (QED) is 0.850. The van der Waals surface area contributed by atoms with Crippen LogP contribution in [0.4, 0.5) is 11.4 Å². The molecule has 114 valence electrons. The van der Waals surface area contributed by atoms with Crippen molar-refractivity contribution in [3.8, 4) is 12.1 Å². The number of halogens is 1. The van der Waals surface area contributed by atoms with Gasteiger partial charge in [-0.25, -0.2) is 0 Å². The minimum Gasteiger partial charge on any atom is -0.367 e. The Morgan fingerprint density at radius 1 is 0.783 bits per heavy atom. The highest BCUT2D eigenvalue weighted by Gasteiger charge is 2.22. The first-order valence-corrected chi connectivity index (χ1v) is 7.80. The predicted octanol–water partition coefficient (Wildman–Crippen LogP) is 3.41. The highest BCUT2D eigenvalue weighted by atomic mass is 35.5. The number of nitriles is 2. The van der Waals surface area contributed by atoms with E-state index in [0.29, 0.717) is 11.1 Å². The molecule has 0 amide bonds. The van der Waals surface area contributed by atoms with Crippen molar-refractivity contribution >= 4 is 23.0 Å². The van der Waals surface area contributed by atoms with Crippen LogP contribution < -0.4 is 9.80 Å². The Morgan fingerprint density at radius 3 is 1.91 bits per heavy atom. The minimum absolute atomic E-state index is 0.551. The molecule has 23 heavy (non-hydrogen) atoms. The highest BCUT2D eigenvalue weighted by molar-refractivity contribution is 6.33. The number of anilines is 2. The van der Waals surface area contributed by atoms with Crippen LogP contribution in [0.15, 0.2) is 42.5 Å². The summed E-state index contributed by atoms with van der Waals surface area (Å²) in [6.45, 7) is 3.10. The maximum absolute atomic E-state index is 9.32. The van der Waals surface area contributed by atoms with Gasteiger partial charge in [0.25, 0.3) is 0 Å². The largest absolute Gasteiger partial charge is 0.367 e. The third kappa shape index (κ3) is 2.95. The second-order valence-electron chi connectivity index (χ2n) is 5.35. The molecular weight excluding hydrogens is 308 g/mol. The van der Waals surface area contributed by atoms with Crippen molar-refractivity contribution in [2.45, 2.75) is 0 Å². The van der Waals surface area contributed by atoms with Crippen LogP contribution in [0.5, 0.6) is 0 Å². The molecule has 0 unspecified atom stereocenters. The van der Waals surface area contributed by atoms with E-state index >= 15 is 0 Å². The summed E-state index contributed by atoms with van der Waals surface area (Å²) in [5.41, 5.74) is 2.88. The van der Waals surface area contributed by atoms with E-state index in [1.165, 1.54) is 0 Å². The molecule has 0 N–H and O–H groups in total. The lowest BCUT2D eigenvalue weighted by Crippen LogP contribution is -2.47. The molecule has 3 rings (SSSR count). The topological polar surface area (TPSA) is 54.1 Å². The fraction of sp³-hybridized carbons (Fsp3) is 0.222. The van der Waals surface area contributed by atoms with Crippen molar-refractivity contribution in [1.29, 1.82) is 10.5 Å². The van der Waals surface area contributed by atoms with Crippen LogP contribution in [-0.2, 0) is 0 Å². The summed E-state index contributed by atoms with van der Waals surface area (Å²) in [6, 6.07) is 17.5. The Balaban J connectivity index is 1.82. The van der Waals surface area contributed by atoms with Crippen molar-refractivity contribution in [1.82, 2.24) is 0 Å². The lowest BCUT2D eigenvalue weighted by Gasteiger charge is -2.38. The Kier molecular flexibility index (Phi) is 4.37. The van der Waals surface area contributed by atoms with Gasteiger partial charge in [0, 0.05) is 26.2 Å². The standard InChI is InChI=1S/C18H15ClN4/c19-16-6-1-2-7-17(16)22-8-10-23(11-9-22)18-14(12-20)4-3-5-15(18)13-21/h1-7H,8-11H2. The molecule has 0 bridgehead atoms. The van der Waals surface area contributed by atoms with E-state index in [1.54, 1.807) is 18.2 Å². The molecule has 1 saturated heterocycles. The predicted molar refractivity (Wildman–Crippen MR) is 91.8 cm³/mol. The van der Waals surface area contributed by atoms with Crippen molar-refractivity contribution in [3.05, 3.63) is 58.6 Å². The summed E-state index contributed by atoms with van der Waals surface area (Å²) in [4.78, 5) is 4.35. The minimum atomic E-state index is 0.551. The molecule has 2 aromatic carbocycles. The molecule has 1 heterocycles. The van der Waals surface area contributed by atoms with Crippen LogP contribution in [0.1, 0.15) is 11.1 Å². The molecule has 2 aromatic rings. The van der Waals surface area contributed by atoms with Gasteiger partial charge in [0.15, 0.2) is 0 Å². The fourth-order valence-corrected chi connectivity index (χ4v) is 3.20. The van der Waals surface area contributed by atoms with E-state index in [2.05, 4.69) is 21.9 Å². The van der Waals surface area contributed by atoms with Gasteiger partial charge in [0.05, 0.1) is 27.5 Å². The van der Waals surface area contributed by atoms with E-state index in [-0.39, 0.29) is 0 Å². The Labute approximate surface area is 140 Å². The number of nitrogens with zero attached hydrogens (tertiary/aromatic N) is 4. The number of hydrogen-bond donors (Lipinski definition) is 0. The van der Waals surface area contributed by atoms with E-state index < -0.39 is 0 Å². The van der Waals surface area contributed by atoms with Gasteiger partial charge < -0.3 is 9.80 Å². The summed E-state index contributed by atoms with van der Waals surface area (Å²) in [6.07, 6.45) is 0. The molecule has 0 aliphatic carbocycles. The average molecular weight is 323 g/mol. The van der Waals surface area contributed by atoms with E-state index in [9.17, 15) is 10.5 Å². The SMILES string of the molecule is N#Cc1cccc(C#N)c1N1CCN(c2ccccc2Cl)CC1. The van der Waals surface area contributed by atoms with E-state index in [4.69, 9.17) is 11.6 Å². The van der Waals surface area contributed by atoms with E-state index in [1.807, 2.05) is 24.3 Å². The molecule has 0 aromatic heterocycles. The Hall–Kier alpha value is -2.69. The molecule has 1 fully saturated rings. The lowest BCUT2D eigenvalue weighted by molar-refractivity contribution is 0.652. The van der Waals surface area contributed by atoms with Crippen LogP contribution >= 0.6 is 11.6 Å². The second-order valence-corrected chi connectivity index (χ2v) is 5.76. The number of hydrogen-bond acceptors (Lipinski definition) is 4. The summed E-state index contributed by atoms with van der Waals surface area (Å²) in [7, 11) is 0. The van der Waals surface area contributed by atoms with Crippen LogP contribution in [-0.4, -0.2) is 26.2 Å². The molecule has 0 atom stereocenters. The molecule has 1 aliphatic rings. The maximum Gasteiger partial charge on any atom is 0.101 e. The summed E-state index contributed by atoms with van der Waals surface area (Å²) in [5.74, 6) is 0. The summed E-state index contributed by atoms with van der Waals surface area (Å²) in [5, 5.41) is 19.4. The third-order valence-corrected chi connectivity index (χ3v) is 4.39. The van der Waals surface area contributed by atoms with Crippen LogP contribution in [0.2, 0.25) is 5.02 Å². The molecule has 1 aliphatic heterocycles. The van der Waals surface area contributed by atoms with Crippen LogP contribution in [0.25, 0.3) is 0 Å². The van der Waals surface area contributed by atoms with Gasteiger partial charge in [-0.1, -0.05) is 29.8 Å². The second kappa shape index (κ2) is 6.60. The number of benzene rings is 2. The average Bonchev–Trinajstić information content (AvgIpc) is 2.61. The van der Waals surface area contributed by atoms with Crippen molar-refractivity contribution < 1.29 is 0 Å². The first-order valence-electron chi connectivity index (χ1n) is 7.42. The lowest BCUT2D eigenvalue weighted by atomic mass is 10.1. The van der Waals surface area contributed by atoms with Crippen molar-refractivity contribution in [2.75, 3.05) is 36.0 Å². The molecule has 0 radical (unpaired) electrons. The van der Waals surface area contributed by atoms with Gasteiger partial charge in [-0.15, -0.1) is 0 Å². The van der Waals surface area contributed by atoms with Gasteiger partial charge >= 0.3 is 0 Å². The molecule has 0 spiro atoms. The van der Waals surface area contributed by atoms with Gasteiger partial charge in [0.1, 0.15) is 12.1 Å². The molecular formula is C18H15ClN4. The molecule has 4 nitrogen and oxygen atoms in total. The smallest absolute Gasteiger partial charge is 0.101 e. The number of rotatable bonds is 2.